The zero-order valence-corrected chi connectivity index (χ0v) is 19.8. The van der Waals surface area contributed by atoms with Crippen molar-refractivity contribution in [3.05, 3.63) is 68.7 Å². The van der Waals surface area contributed by atoms with Gasteiger partial charge in [0, 0.05) is 20.2 Å². The third-order valence-electron chi connectivity index (χ3n) is 6.74. The first-order valence-electron chi connectivity index (χ1n) is 11.0. The van der Waals surface area contributed by atoms with Crippen molar-refractivity contribution in [3.8, 4) is 0 Å². The molecule has 2 atom stereocenters. The van der Waals surface area contributed by atoms with Crippen LogP contribution >= 0.6 is 23.2 Å². The van der Waals surface area contributed by atoms with Crippen LogP contribution in [0.2, 0.25) is 10.0 Å². The van der Waals surface area contributed by atoms with E-state index in [2.05, 4.69) is 23.1 Å². The highest BCUT2D eigenvalue weighted by atomic mass is 35.5. The van der Waals surface area contributed by atoms with E-state index in [0.717, 1.165) is 31.5 Å². The van der Waals surface area contributed by atoms with Gasteiger partial charge in [0.25, 0.3) is 0 Å². The molecule has 0 radical (unpaired) electrons. The first kappa shape index (κ1) is 22.6. The Kier molecular flexibility index (Phi) is 7.22. The smallest absolute Gasteiger partial charge is 0.227 e. The molecule has 2 aliphatic rings. The second kappa shape index (κ2) is 9.91. The lowest BCUT2D eigenvalue weighted by Crippen LogP contribution is -2.48. The van der Waals surface area contributed by atoms with Crippen molar-refractivity contribution in [2.24, 2.45) is 0 Å². The van der Waals surface area contributed by atoms with Crippen LogP contribution in [-0.4, -0.2) is 49.0 Å². The monoisotopic (exact) mass is 460 g/mol. The van der Waals surface area contributed by atoms with Gasteiger partial charge in [-0.15, -0.1) is 0 Å². The molecule has 31 heavy (non-hydrogen) atoms. The van der Waals surface area contributed by atoms with E-state index in [-0.39, 0.29) is 11.9 Å². The minimum atomic E-state index is 0.0360. The Hall–Kier alpha value is -1.59. The van der Waals surface area contributed by atoms with E-state index >= 15 is 0 Å². The molecule has 0 spiro atoms. The number of hydrogen-bond donors (Lipinski definition) is 0. The summed E-state index contributed by atoms with van der Waals surface area (Å²) in [6.07, 6.45) is 4.87. The maximum Gasteiger partial charge on any atom is 0.227 e. The molecule has 1 aliphatic carbocycles. The number of likely N-dealkylation sites (N-methyl/N-ethyl adjacent to an activating group) is 1. The van der Waals surface area contributed by atoms with Crippen molar-refractivity contribution >= 4 is 29.1 Å². The molecule has 1 saturated heterocycles. The van der Waals surface area contributed by atoms with Gasteiger partial charge in [0.1, 0.15) is 0 Å². The van der Waals surface area contributed by atoms with E-state index in [0.29, 0.717) is 29.1 Å². The van der Waals surface area contributed by atoms with Crippen LogP contribution in [0.25, 0.3) is 0 Å². The molecule has 1 aliphatic heterocycles. The summed E-state index contributed by atoms with van der Waals surface area (Å²) in [5.74, 6) is 0.0950. The maximum absolute atomic E-state index is 13.4. The van der Waals surface area contributed by atoms with Crippen molar-refractivity contribution in [1.82, 2.24) is 9.80 Å². The van der Waals surface area contributed by atoms with Crippen molar-refractivity contribution in [1.29, 1.82) is 0 Å². The van der Waals surface area contributed by atoms with Gasteiger partial charge in [-0.2, -0.15) is 0 Å². The number of amides is 1. The van der Waals surface area contributed by atoms with Crippen molar-refractivity contribution < 1.29 is 9.53 Å². The molecule has 0 bridgehead atoms. The van der Waals surface area contributed by atoms with E-state index < -0.39 is 0 Å². The number of ether oxygens (including phenoxy) is 1. The Morgan fingerprint density at radius 3 is 2.65 bits per heavy atom. The Bertz CT molecular complexity index is 943. The number of hydrogen-bond acceptors (Lipinski definition) is 3. The number of fused-ring (bicyclic) bond motifs is 1. The minimum absolute atomic E-state index is 0.0360. The predicted octanol–water partition coefficient (Wildman–Crippen LogP) is 5.29. The third kappa shape index (κ3) is 4.78. The van der Waals surface area contributed by atoms with E-state index in [9.17, 15) is 4.79 Å². The normalized spacial score (nSPS) is 21.2. The fourth-order valence-corrected chi connectivity index (χ4v) is 5.53. The predicted molar refractivity (Wildman–Crippen MR) is 126 cm³/mol. The van der Waals surface area contributed by atoms with Crippen LogP contribution in [-0.2, 0) is 29.0 Å². The number of methoxy groups -OCH3 is 1. The molecule has 0 unspecified atom stereocenters. The number of nitrogens with zero attached hydrogens (tertiary/aromatic N) is 2. The molecule has 1 fully saturated rings. The largest absolute Gasteiger partial charge is 0.380 e. The van der Waals surface area contributed by atoms with Gasteiger partial charge < -0.3 is 9.64 Å². The van der Waals surface area contributed by atoms with Gasteiger partial charge in [0.05, 0.1) is 29.1 Å². The topological polar surface area (TPSA) is 32.8 Å². The summed E-state index contributed by atoms with van der Waals surface area (Å²) >= 11 is 12.2. The Morgan fingerprint density at radius 1 is 1.16 bits per heavy atom. The zero-order valence-electron chi connectivity index (χ0n) is 18.2. The highest BCUT2D eigenvalue weighted by molar-refractivity contribution is 6.42. The van der Waals surface area contributed by atoms with E-state index in [1.165, 1.54) is 29.5 Å². The standard InChI is InChI=1S/C25H30Cl2N2O2/c1-28(24(30)15-17-8-10-21(26)22(27)14-17)25-20-7-5-6-18(16-31-2)19(20)9-11-23(25)29-12-3-4-13-29/h5-8,10,14,23,25H,3-4,9,11-13,15-16H2,1-2H3/t23-,25-/m0/s1. The first-order valence-corrected chi connectivity index (χ1v) is 11.8. The molecule has 0 saturated carbocycles. The Labute approximate surface area is 195 Å². The quantitative estimate of drug-likeness (QED) is 0.586. The lowest BCUT2D eigenvalue weighted by atomic mass is 9.80. The molecule has 6 heteroatoms. The lowest BCUT2D eigenvalue weighted by molar-refractivity contribution is -0.133. The van der Waals surface area contributed by atoms with Gasteiger partial charge in [-0.1, -0.05) is 47.5 Å². The minimum Gasteiger partial charge on any atom is -0.380 e. The second-order valence-electron chi connectivity index (χ2n) is 8.64. The van der Waals surface area contributed by atoms with Gasteiger partial charge in [0.2, 0.25) is 5.91 Å². The second-order valence-corrected chi connectivity index (χ2v) is 9.46. The summed E-state index contributed by atoms with van der Waals surface area (Å²) in [4.78, 5) is 17.9. The SMILES string of the molecule is COCc1cccc2c1CC[C@H](N1CCCC1)[C@H]2N(C)C(=O)Cc1ccc(Cl)c(Cl)c1. The number of carbonyl (C=O) groups is 1. The average molecular weight is 461 g/mol. The Balaban J connectivity index is 1.65. The van der Waals surface area contributed by atoms with Gasteiger partial charge >= 0.3 is 0 Å². The van der Waals surface area contributed by atoms with Gasteiger partial charge in [-0.25, -0.2) is 0 Å². The highest BCUT2D eigenvalue weighted by Gasteiger charge is 2.39. The van der Waals surface area contributed by atoms with E-state index in [1.54, 1.807) is 19.2 Å². The van der Waals surface area contributed by atoms with Crippen LogP contribution in [0.1, 0.15) is 47.6 Å². The van der Waals surface area contributed by atoms with Crippen LogP contribution in [0.15, 0.2) is 36.4 Å². The summed E-state index contributed by atoms with van der Waals surface area (Å²) in [5.41, 5.74) is 4.73. The van der Waals surface area contributed by atoms with Crippen molar-refractivity contribution in [3.63, 3.8) is 0 Å². The number of halogens is 2. The lowest BCUT2D eigenvalue weighted by Gasteiger charge is -2.44. The maximum atomic E-state index is 13.4. The number of likely N-dealkylation sites (tertiary alicyclic amines) is 1. The van der Waals surface area contributed by atoms with Gasteiger partial charge in [-0.3, -0.25) is 9.69 Å². The molecule has 4 nitrogen and oxygen atoms in total. The summed E-state index contributed by atoms with van der Waals surface area (Å²) in [7, 11) is 3.69. The fourth-order valence-electron chi connectivity index (χ4n) is 5.21. The molecule has 0 N–H and O–H groups in total. The van der Waals surface area contributed by atoms with Crippen LogP contribution < -0.4 is 0 Å². The number of rotatable bonds is 6. The van der Waals surface area contributed by atoms with Crippen molar-refractivity contribution in [2.45, 2.75) is 50.8 Å². The zero-order chi connectivity index (χ0) is 22.0. The fraction of sp³-hybridized carbons (Fsp3) is 0.480. The van der Waals surface area contributed by atoms with Crippen molar-refractivity contribution in [2.75, 3.05) is 27.2 Å². The van der Waals surface area contributed by atoms with E-state index in [1.807, 2.05) is 18.0 Å². The number of carbonyl (C=O) groups excluding carboxylic acids is 1. The van der Waals surface area contributed by atoms with Crippen LogP contribution in [0, 0.1) is 0 Å². The first-order chi connectivity index (χ1) is 15.0. The molecular weight excluding hydrogens is 431 g/mol. The summed E-state index contributed by atoms with van der Waals surface area (Å²) < 4.78 is 5.45. The van der Waals surface area contributed by atoms with Gasteiger partial charge in [-0.05, 0) is 73.2 Å². The van der Waals surface area contributed by atoms with Gasteiger partial charge in [0.15, 0.2) is 0 Å². The van der Waals surface area contributed by atoms with Crippen LogP contribution in [0.4, 0.5) is 0 Å². The third-order valence-corrected chi connectivity index (χ3v) is 7.48. The molecule has 166 valence electrons. The number of benzene rings is 2. The highest BCUT2D eigenvalue weighted by Crippen LogP contribution is 2.39. The van der Waals surface area contributed by atoms with Crippen LogP contribution in [0.5, 0.6) is 0 Å². The molecule has 1 heterocycles. The molecule has 1 amide bonds. The average Bonchev–Trinajstić information content (AvgIpc) is 3.30. The van der Waals surface area contributed by atoms with E-state index in [4.69, 9.17) is 27.9 Å². The summed E-state index contributed by atoms with van der Waals surface area (Å²) in [6, 6.07) is 12.3. The summed E-state index contributed by atoms with van der Waals surface area (Å²) in [5, 5.41) is 0.990. The molecular formula is C25H30Cl2N2O2. The summed E-state index contributed by atoms with van der Waals surface area (Å²) in [6.45, 7) is 2.83. The Morgan fingerprint density at radius 2 is 1.94 bits per heavy atom. The van der Waals surface area contributed by atoms with Crippen LogP contribution in [0.3, 0.4) is 0 Å². The molecule has 0 aromatic heterocycles. The molecule has 4 rings (SSSR count). The molecule has 2 aromatic carbocycles. The molecule has 2 aromatic rings.